The fourth-order valence-corrected chi connectivity index (χ4v) is 2.82. The maximum Gasteiger partial charge on any atom is 0.279 e. The highest BCUT2D eigenvalue weighted by molar-refractivity contribution is 7.92. The standard InChI is InChI=1S/C13H18N4O2S/c1-4-12-14-9-13(15-12)20(18,19)16-10-7-5-6-8-11(10)17(2)3/h5-9,16H,4H2,1-3H3,(H,14,15). The Labute approximate surface area is 118 Å². The Kier molecular flexibility index (Phi) is 3.99. The van der Waals surface area contributed by atoms with Gasteiger partial charge in [0.2, 0.25) is 0 Å². The molecule has 2 N–H and O–H groups in total. The zero-order valence-corrected chi connectivity index (χ0v) is 12.5. The van der Waals surface area contributed by atoms with Crippen molar-refractivity contribution in [2.75, 3.05) is 23.7 Å². The molecule has 1 aromatic carbocycles. The number of rotatable bonds is 5. The summed E-state index contributed by atoms with van der Waals surface area (Å²) < 4.78 is 27.2. The van der Waals surface area contributed by atoms with Gasteiger partial charge in [-0.2, -0.15) is 8.42 Å². The molecule has 0 aliphatic heterocycles. The molecule has 108 valence electrons. The van der Waals surface area contributed by atoms with E-state index in [-0.39, 0.29) is 5.03 Å². The molecule has 1 heterocycles. The molecule has 0 atom stereocenters. The fourth-order valence-electron chi connectivity index (χ4n) is 1.81. The van der Waals surface area contributed by atoms with E-state index in [2.05, 4.69) is 14.7 Å². The summed E-state index contributed by atoms with van der Waals surface area (Å²) in [7, 11) is 0.0659. The van der Waals surface area contributed by atoms with Gasteiger partial charge in [0.05, 0.1) is 17.6 Å². The van der Waals surface area contributed by atoms with Gasteiger partial charge in [-0.05, 0) is 12.1 Å². The van der Waals surface area contributed by atoms with Crippen LogP contribution in [0.2, 0.25) is 0 Å². The Hall–Kier alpha value is -2.02. The molecule has 0 saturated carbocycles. The Morgan fingerprint density at radius 3 is 2.60 bits per heavy atom. The first kappa shape index (κ1) is 14.4. The normalized spacial score (nSPS) is 11.3. The van der Waals surface area contributed by atoms with Crippen molar-refractivity contribution in [1.29, 1.82) is 0 Å². The zero-order chi connectivity index (χ0) is 14.8. The Balaban J connectivity index is 2.33. The average Bonchev–Trinajstić information content (AvgIpc) is 2.88. The van der Waals surface area contributed by atoms with Crippen LogP contribution in [0.1, 0.15) is 12.7 Å². The quantitative estimate of drug-likeness (QED) is 0.882. The van der Waals surface area contributed by atoms with Gasteiger partial charge in [0.25, 0.3) is 10.0 Å². The summed E-state index contributed by atoms with van der Waals surface area (Å²) in [5, 5.41) is 0.0721. The lowest BCUT2D eigenvalue weighted by molar-refractivity contribution is 0.598. The van der Waals surface area contributed by atoms with Gasteiger partial charge in [-0.15, -0.1) is 0 Å². The van der Waals surface area contributed by atoms with Crippen LogP contribution in [0.15, 0.2) is 35.5 Å². The molecule has 0 unspecified atom stereocenters. The van der Waals surface area contributed by atoms with E-state index in [1.54, 1.807) is 12.1 Å². The molecular weight excluding hydrogens is 276 g/mol. The third-order valence-corrected chi connectivity index (χ3v) is 4.13. The maximum absolute atomic E-state index is 12.3. The van der Waals surface area contributed by atoms with E-state index in [1.165, 1.54) is 6.20 Å². The minimum atomic E-state index is -3.65. The lowest BCUT2D eigenvalue weighted by atomic mass is 10.2. The van der Waals surface area contributed by atoms with Crippen molar-refractivity contribution >= 4 is 21.4 Å². The molecule has 2 rings (SSSR count). The molecule has 0 aliphatic carbocycles. The van der Waals surface area contributed by atoms with Gasteiger partial charge in [0.1, 0.15) is 5.82 Å². The van der Waals surface area contributed by atoms with Crippen LogP contribution in [-0.4, -0.2) is 32.5 Å². The molecule has 0 amide bonds. The lowest BCUT2D eigenvalue weighted by Gasteiger charge is -2.17. The summed E-state index contributed by atoms with van der Waals surface area (Å²) in [6, 6.07) is 7.22. The van der Waals surface area contributed by atoms with Crippen molar-refractivity contribution in [3.05, 3.63) is 36.3 Å². The summed E-state index contributed by atoms with van der Waals surface area (Å²) in [4.78, 5) is 8.66. The highest BCUT2D eigenvalue weighted by Gasteiger charge is 2.18. The van der Waals surface area contributed by atoms with E-state index in [1.807, 2.05) is 38.1 Å². The minimum Gasteiger partial charge on any atom is -0.376 e. The van der Waals surface area contributed by atoms with Crippen LogP contribution in [-0.2, 0) is 16.4 Å². The summed E-state index contributed by atoms with van der Waals surface area (Å²) in [5.74, 6) is 0.645. The summed E-state index contributed by atoms with van der Waals surface area (Å²) >= 11 is 0. The Morgan fingerprint density at radius 2 is 2.00 bits per heavy atom. The van der Waals surface area contributed by atoms with E-state index in [0.717, 1.165) is 5.69 Å². The molecule has 0 bridgehead atoms. The van der Waals surface area contributed by atoms with Gasteiger partial charge in [-0.3, -0.25) is 4.72 Å². The first-order chi connectivity index (χ1) is 9.44. The third kappa shape index (κ3) is 2.93. The van der Waals surface area contributed by atoms with E-state index in [9.17, 15) is 8.42 Å². The second-order valence-electron chi connectivity index (χ2n) is 4.56. The maximum atomic E-state index is 12.3. The number of hydrogen-bond acceptors (Lipinski definition) is 4. The summed E-state index contributed by atoms with van der Waals surface area (Å²) in [5.41, 5.74) is 1.33. The average molecular weight is 294 g/mol. The van der Waals surface area contributed by atoms with Crippen LogP contribution in [0.3, 0.4) is 0 Å². The van der Waals surface area contributed by atoms with Crippen LogP contribution in [0, 0.1) is 0 Å². The van der Waals surface area contributed by atoms with Gasteiger partial charge >= 0.3 is 0 Å². The minimum absolute atomic E-state index is 0.0721. The highest BCUT2D eigenvalue weighted by Crippen LogP contribution is 2.25. The van der Waals surface area contributed by atoms with Gasteiger partial charge < -0.3 is 9.88 Å². The van der Waals surface area contributed by atoms with Crippen LogP contribution < -0.4 is 9.62 Å². The largest absolute Gasteiger partial charge is 0.376 e. The fraction of sp³-hybridized carbons (Fsp3) is 0.308. The van der Waals surface area contributed by atoms with Crippen molar-refractivity contribution in [3.8, 4) is 0 Å². The summed E-state index contributed by atoms with van der Waals surface area (Å²) in [6.07, 6.45) is 1.99. The number of sulfonamides is 1. The number of aromatic amines is 1. The molecular formula is C13H18N4O2S. The first-order valence-electron chi connectivity index (χ1n) is 6.27. The monoisotopic (exact) mass is 294 g/mol. The smallest absolute Gasteiger partial charge is 0.279 e. The van der Waals surface area contributed by atoms with Crippen molar-refractivity contribution in [3.63, 3.8) is 0 Å². The number of H-pyrrole nitrogens is 1. The van der Waals surface area contributed by atoms with Crippen molar-refractivity contribution in [2.24, 2.45) is 0 Å². The molecule has 2 aromatic rings. The number of aryl methyl sites for hydroxylation is 1. The Bertz CT molecular complexity index is 692. The second kappa shape index (κ2) is 5.54. The van der Waals surface area contributed by atoms with Gasteiger partial charge in [0, 0.05) is 20.5 Å². The molecule has 6 nitrogen and oxygen atoms in total. The van der Waals surface area contributed by atoms with Crippen molar-refractivity contribution in [1.82, 2.24) is 9.97 Å². The lowest BCUT2D eigenvalue weighted by Crippen LogP contribution is -2.17. The van der Waals surface area contributed by atoms with Crippen LogP contribution in [0.5, 0.6) is 0 Å². The first-order valence-corrected chi connectivity index (χ1v) is 7.75. The highest BCUT2D eigenvalue weighted by atomic mass is 32.2. The summed E-state index contributed by atoms with van der Waals surface area (Å²) in [6.45, 7) is 1.91. The number of aromatic nitrogens is 2. The predicted molar refractivity (Wildman–Crippen MR) is 79.5 cm³/mol. The van der Waals surface area contributed by atoms with E-state index >= 15 is 0 Å². The molecule has 1 aromatic heterocycles. The number of nitrogens with zero attached hydrogens (tertiary/aromatic N) is 2. The predicted octanol–water partition coefficient (Wildman–Crippen LogP) is 1.84. The number of imidazole rings is 1. The molecule has 0 fully saturated rings. The van der Waals surface area contributed by atoms with Crippen molar-refractivity contribution in [2.45, 2.75) is 18.4 Å². The van der Waals surface area contributed by atoms with E-state index < -0.39 is 10.0 Å². The second-order valence-corrected chi connectivity index (χ2v) is 6.22. The number of nitrogens with one attached hydrogen (secondary N) is 2. The molecule has 0 aliphatic rings. The van der Waals surface area contributed by atoms with Gasteiger partial charge in [-0.25, -0.2) is 4.98 Å². The molecule has 0 radical (unpaired) electrons. The Morgan fingerprint density at radius 1 is 1.30 bits per heavy atom. The third-order valence-electron chi connectivity index (χ3n) is 2.86. The topological polar surface area (TPSA) is 78.1 Å². The zero-order valence-electron chi connectivity index (χ0n) is 11.7. The molecule has 7 heteroatoms. The SMILES string of the molecule is CCc1ncc(S(=O)(=O)Nc2ccccc2N(C)C)[nH]1. The van der Waals surface area contributed by atoms with Crippen LogP contribution in [0.4, 0.5) is 11.4 Å². The molecule has 20 heavy (non-hydrogen) atoms. The molecule has 0 spiro atoms. The number of para-hydroxylation sites is 2. The number of hydrogen-bond donors (Lipinski definition) is 2. The van der Waals surface area contributed by atoms with Crippen molar-refractivity contribution < 1.29 is 8.42 Å². The molecule has 0 saturated heterocycles. The van der Waals surface area contributed by atoms with E-state index in [4.69, 9.17) is 0 Å². The number of benzene rings is 1. The van der Waals surface area contributed by atoms with E-state index in [0.29, 0.717) is 17.9 Å². The van der Waals surface area contributed by atoms with Crippen LogP contribution in [0.25, 0.3) is 0 Å². The van der Waals surface area contributed by atoms with Gasteiger partial charge in [0.15, 0.2) is 5.03 Å². The van der Waals surface area contributed by atoms with Crippen LogP contribution >= 0.6 is 0 Å². The van der Waals surface area contributed by atoms with Gasteiger partial charge in [-0.1, -0.05) is 19.1 Å². The number of anilines is 2.